The molecule has 0 spiro atoms. The number of hydrogen-bond acceptors (Lipinski definition) is 3. The molecule has 2 fully saturated rings. The van der Waals surface area contributed by atoms with Crippen molar-refractivity contribution in [3.63, 3.8) is 0 Å². The van der Waals surface area contributed by atoms with Gasteiger partial charge in [-0.1, -0.05) is 18.9 Å². The smallest absolute Gasteiger partial charge is 0.101 e. The van der Waals surface area contributed by atoms with E-state index in [1.165, 1.54) is 38.5 Å². The molecule has 1 heterocycles. The summed E-state index contributed by atoms with van der Waals surface area (Å²) in [6.07, 6.45) is 8.03. The van der Waals surface area contributed by atoms with Gasteiger partial charge in [0.1, 0.15) is 6.07 Å². The van der Waals surface area contributed by atoms with Gasteiger partial charge in [-0.3, -0.25) is 0 Å². The van der Waals surface area contributed by atoms with Crippen LogP contribution in [-0.4, -0.2) is 12.6 Å². The fourth-order valence-corrected chi connectivity index (χ4v) is 3.97. The molecule has 1 aromatic rings. The normalized spacial score (nSPS) is 23.2. The number of nitrogens with zero attached hydrogens (tertiary/aromatic N) is 2. The Morgan fingerprint density at radius 2 is 2.00 bits per heavy atom. The van der Waals surface area contributed by atoms with Crippen molar-refractivity contribution in [1.82, 2.24) is 0 Å². The topological polar surface area (TPSA) is 53.1 Å². The van der Waals surface area contributed by atoms with Gasteiger partial charge in [0, 0.05) is 19.1 Å². The zero-order valence-corrected chi connectivity index (χ0v) is 12.0. The Morgan fingerprint density at radius 1 is 1.20 bits per heavy atom. The highest BCUT2D eigenvalue weighted by atomic mass is 15.2. The van der Waals surface area contributed by atoms with Crippen LogP contribution >= 0.6 is 0 Å². The molecule has 3 nitrogen and oxygen atoms in total. The number of rotatable bonds is 3. The van der Waals surface area contributed by atoms with Crippen LogP contribution < -0.4 is 10.6 Å². The van der Waals surface area contributed by atoms with Crippen LogP contribution in [0.4, 0.5) is 5.69 Å². The largest absolute Gasteiger partial charge is 0.367 e. The van der Waals surface area contributed by atoms with Gasteiger partial charge in [0.15, 0.2) is 0 Å². The maximum absolute atomic E-state index is 9.43. The van der Waals surface area contributed by atoms with Crippen LogP contribution in [0.1, 0.15) is 49.7 Å². The van der Waals surface area contributed by atoms with Crippen molar-refractivity contribution in [1.29, 1.82) is 5.26 Å². The predicted molar refractivity (Wildman–Crippen MR) is 81.4 cm³/mol. The lowest BCUT2D eigenvalue weighted by Gasteiger charge is -2.32. The lowest BCUT2D eigenvalue weighted by molar-refractivity contribution is 0.430. The maximum atomic E-state index is 9.43. The molecule has 2 aliphatic rings. The molecule has 1 unspecified atom stereocenters. The molecular formula is C17H23N3. The molecule has 1 aromatic carbocycles. The molecule has 3 heteroatoms. The second-order valence-electron chi connectivity index (χ2n) is 6.11. The van der Waals surface area contributed by atoms with Crippen LogP contribution in [0, 0.1) is 17.2 Å². The summed E-state index contributed by atoms with van der Waals surface area (Å²) in [5, 5.41) is 9.43. The zero-order chi connectivity index (χ0) is 13.9. The quantitative estimate of drug-likeness (QED) is 0.917. The lowest BCUT2D eigenvalue weighted by Crippen LogP contribution is -2.35. The van der Waals surface area contributed by atoms with Crippen LogP contribution in [0.5, 0.6) is 0 Å². The van der Waals surface area contributed by atoms with E-state index in [9.17, 15) is 5.26 Å². The van der Waals surface area contributed by atoms with Crippen molar-refractivity contribution < 1.29 is 0 Å². The summed E-state index contributed by atoms with van der Waals surface area (Å²) in [5.41, 5.74) is 8.64. The van der Waals surface area contributed by atoms with Gasteiger partial charge in [-0.2, -0.15) is 5.26 Å². The Hall–Kier alpha value is -1.53. The molecule has 1 saturated carbocycles. The first-order chi connectivity index (χ1) is 9.83. The third kappa shape index (κ3) is 2.41. The summed E-state index contributed by atoms with van der Waals surface area (Å²) < 4.78 is 0. The molecule has 0 aromatic heterocycles. The van der Waals surface area contributed by atoms with E-state index in [2.05, 4.69) is 23.1 Å². The van der Waals surface area contributed by atoms with E-state index in [4.69, 9.17) is 5.73 Å². The Bertz CT molecular complexity index is 511. The zero-order valence-electron chi connectivity index (χ0n) is 12.0. The monoisotopic (exact) mass is 269 g/mol. The highest BCUT2D eigenvalue weighted by Crippen LogP contribution is 2.38. The molecule has 0 amide bonds. The number of nitriles is 1. The molecule has 1 aliphatic heterocycles. The first-order valence-corrected chi connectivity index (χ1v) is 7.83. The third-order valence-corrected chi connectivity index (χ3v) is 4.97. The fourth-order valence-electron chi connectivity index (χ4n) is 3.97. The van der Waals surface area contributed by atoms with Crippen molar-refractivity contribution in [3.8, 4) is 6.07 Å². The van der Waals surface area contributed by atoms with Gasteiger partial charge in [-0.15, -0.1) is 0 Å². The maximum Gasteiger partial charge on any atom is 0.101 e. The minimum Gasteiger partial charge on any atom is -0.367 e. The van der Waals surface area contributed by atoms with E-state index in [0.29, 0.717) is 12.6 Å². The average Bonchev–Trinajstić information content (AvgIpc) is 3.16. The summed E-state index contributed by atoms with van der Waals surface area (Å²) in [7, 11) is 0. The van der Waals surface area contributed by atoms with Crippen LogP contribution in [0.15, 0.2) is 18.2 Å². The molecule has 1 saturated heterocycles. The predicted octanol–water partition coefficient (Wildman–Crippen LogP) is 3.18. The van der Waals surface area contributed by atoms with Crippen molar-refractivity contribution in [2.45, 2.75) is 51.1 Å². The van der Waals surface area contributed by atoms with Crippen LogP contribution in [-0.2, 0) is 6.54 Å². The summed E-state index contributed by atoms with van der Waals surface area (Å²) >= 11 is 0. The molecule has 1 atom stereocenters. The Kier molecular flexibility index (Phi) is 3.93. The Morgan fingerprint density at radius 3 is 2.70 bits per heavy atom. The van der Waals surface area contributed by atoms with E-state index in [0.717, 1.165) is 29.3 Å². The number of anilines is 1. The molecule has 20 heavy (non-hydrogen) atoms. The van der Waals surface area contributed by atoms with E-state index >= 15 is 0 Å². The molecular weight excluding hydrogens is 246 g/mol. The van der Waals surface area contributed by atoms with Gasteiger partial charge in [0.25, 0.3) is 0 Å². The van der Waals surface area contributed by atoms with E-state index in [1.807, 2.05) is 6.07 Å². The summed E-state index contributed by atoms with van der Waals surface area (Å²) in [5.74, 6) is 0.832. The van der Waals surface area contributed by atoms with Gasteiger partial charge in [0.05, 0.1) is 11.3 Å². The van der Waals surface area contributed by atoms with E-state index < -0.39 is 0 Å². The van der Waals surface area contributed by atoms with Gasteiger partial charge >= 0.3 is 0 Å². The molecule has 2 N–H and O–H groups in total. The standard InChI is InChI=1S/C17H23N3/c18-11-13-7-8-17(15(10-13)12-19)20-9-3-6-16(20)14-4-1-2-5-14/h7-8,10,14,16H,1-6,9,11,18H2. The van der Waals surface area contributed by atoms with Crippen LogP contribution in [0.25, 0.3) is 0 Å². The van der Waals surface area contributed by atoms with Crippen molar-refractivity contribution in [3.05, 3.63) is 29.3 Å². The Balaban J connectivity index is 1.89. The highest BCUT2D eigenvalue weighted by molar-refractivity contribution is 5.61. The Labute approximate surface area is 121 Å². The minimum atomic E-state index is 0.501. The minimum absolute atomic E-state index is 0.501. The second kappa shape index (κ2) is 5.85. The first-order valence-electron chi connectivity index (χ1n) is 7.83. The van der Waals surface area contributed by atoms with E-state index in [1.54, 1.807) is 0 Å². The SMILES string of the molecule is N#Cc1cc(CN)ccc1N1CCCC1C1CCCC1. The summed E-state index contributed by atoms with van der Waals surface area (Å²) in [4.78, 5) is 2.49. The number of benzene rings is 1. The third-order valence-electron chi connectivity index (χ3n) is 4.97. The van der Waals surface area contributed by atoms with Gasteiger partial charge in [0.2, 0.25) is 0 Å². The molecule has 1 aliphatic carbocycles. The highest BCUT2D eigenvalue weighted by Gasteiger charge is 2.34. The second-order valence-corrected chi connectivity index (χ2v) is 6.11. The molecule has 106 valence electrons. The van der Waals surface area contributed by atoms with Crippen molar-refractivity contribution >= 4 is 5.69 Å². The number of hydrogen-bond donors (Lipinski definition) is 1. The van der Waals surface area contributed by atoms with Crippen LogP contribution in [0.2, 0.25) is 0 Å². The van der Waals surface area contributed by atoms with Gasteiger partial charge < -0.3 is 10.6 Å². The first kappa shape index (κ1) is 13.5. The summed E-state index contributed by atoms with van der Waals surface area (Å²) in [6.45, 7) is 1.60. The molecule has 0 bridgehead atoms. The van der Waals surface area contributed by atoms with Gasteiger partial charge in [-0.05, 0) is 49.3 Å². The lowest BCUT2D eigenvalue weighted by atomic mass is 9.95. The fraction of sp³-hybridized carbons (Fsp3) is 0.588. The summed E-state index contributed by atoms with van der Waals surface area (Å²) in [6, 6.07) is 9.14. The van der Waals surface area contributed by atoms with Crippen LogP contribution in [0.3, 0.4) is 0 Å². The van der Waals surface area contributed by atoms with Gasteiger partial charge in [-0.25, -0.2) is 0 Å². The van der Waals surface area contributed by atoms with Crippen molar-refractivity contribution in [2.24, 2.45) is 11.7 Å². The van der Waals surface area contributed by atoms with Crippen molar-refractivity contribution in [2.75, 3.05) is 11.4 Å². The van der Waals surface area contributed by atoms with E-state index in [-0.39, 0.29) is 0 Å². The molecule has 3 rings (SSSR count). The average molecular weight is 269 g/mol. The number of nitrogens with two attached hydrogens (primary N) is 1. The molecule has 0 radical (unpaired) electrons.